The molecule has 2 rings (SSSR count). The number of carboxylic acids is 1. The molecule has 0 aliphatic heterocycles. The minimum absolute atomic E-state index is 0.165. The van der Waals surface area contributed by atoms with E-state index in [4.69, 9.17) is 0 Å². The summed E-state index contributed by atoms with van der Waals surface area (Å²) in [5, 5.41) is 11.7. The van der Waals surface area contributed by atoms with Crippen molar-refractivity contribution in [3.8, 4) is 0 Å². The Labute approximate surface area is 122 Å². The lowest BCUT2D eigenvalue weighted by atomic mass is 10.0. The molecule has 0 fully saturated rings. The molecule has 21 heavy (non-hydrogen) atoms. The number of nitrogens with one attached hydrogen (secondary N) is 1. The third-order valence-electron chi connectivity index (χ3n) is 3.05. The fourth-order valence-corrected chi connectivity index (χ4v) is 2.10. The SMILES string of the molecule is CC(C)CC(NC(=O)c1cccc2nccnc12)C(=O)O. The van der Waals surface area contributed by atoms with Crippen LogP contribution in [0.1, 0.15) is 30.6 Å². The quantitative estimate of drug-likeness (QED) is 0.875. The zero-order chi connectivity index (χ0) is 15.4. The van der Waals surface area contributed by atoms with Gasteiger partial charge in [0.1, 0.15) is 11.6 Å². The Morgan fingerprint density at radius 2 is 1.95 bits per heavy atom. The smallest absolute Gasteiger partial charge is 0.326 e. The van der Waals surface area contributed by atoms with Crippen LogP contribution in [0.25, 0.3) is 11.0 Å². The van der Waals surface area contributed by atoms with Crippen LogP contribution >= 0.6 is 0 Å². The van der Waals surface area contributed by atoms with Gasteiger partial charge in [0.2, 0.25) is 0 Å². The maximum absolute atomic E-state index is 12.3. The topological polar surface area (TPSA) is 92.2 Å². The molecule has 6 nitrogen and oxygen atoms in total. The van der Waals surface area contributed by atoms with Crippen molar-refractivity contribution in [2.24, 2.45) is 5.92 Å². The molecule has 0 radical (unpaired) electrons. The molecule has 6 heteroatoms. The molecule has 1 amide bonds. The number of rotatable bonds is 5. The number of hydrogen-bond acceptors (Lipinski definition) is 4. The van der Waals surface area contributed by atoms with Crippen LogP contribution in [0.2, 0.25) is 0 Å². The highest BCUT2D eigenvalue weighted by Crippen LogP contribution is 2.14. The Hall–Kier alpha value is -2.50. The standard InChI is InChI=1S/C15H17N3O3/c1-9(2)8-12(15(20)21)18-14(19)10-4-3-5-11-13(10)17-7-6-16-11/h3-7,9,12H,8H2,1-2H3,(H,18,19)(H,20,21). The van der Waals surface area contributed by atoms with E-state index in [9.17, 15) is 14.7 Å². The van der Waals surface area contributed by atoms with Gasteiger partial charge in [-0.2, -0.15) is 0 Å². The molecule has 1 unspecified atom stereocenters. The van der Waals surface area contributed by atoms with E-state index >= 15 is 0 Å². The van der Waals surface area contributed by atoms with Gasteiger partial charge in [0.25, 0.3) is 5.91 Å². The fraction of sp³-hybridized carbons (Fsp3) is 0.333. The number of amides is 1. The normalized spacial score (nSPS) is 12.3. The summed E-state index contributed by atoms with van der Waals surface area (Å²) in [5.41, 5.74) is 1.39. The average molecular weight is 287 g/mol. The van der Waals surface area contributed by atoms with Gasteiger partial charge in [-0.05, 0) is 24.5 Å². The van der Waals surface area contributed by atoms with Crippen molar-refractivity contribution in [2.45, 2.75) is 26.3 Å². The highest BCUT2D eigenvalue weighted by atomic mass is 16.4. The summed E-state index contributed by atoms with van der Waals surface area (Å²) < 4.78 is 0. The molecule has 0 spiro atoms. The van der Waals surface area contributed by atoms with Gasteiger partial charge < -0.3 is 10.4 Å². The lowest BCUT2D eigenvalue weighted by Gasteiger charge is -2.16. The van der Waals surface area contributed by atoms with Gasteiger partial charge in [-0.15, -0.1) is 0 Å². The monoisotopic (exact) mass is 287 g/mol. The maximum atomic E-state index is 12.3. The Morgan fingerprint density at radius 3 is 2.62 bits per heavy atom. The summed E-state index contributed by atoms with van der Waals surface area (Å²) in [6.45, 7) is 3.82. The van der Waals surface area contributed by atoms with E-state index < -0.39 is 17.9 Å². The van der Waals surface area contributed by atoms with Crippen molar-refractivity contribution in [1.29, 1.82) is 0 Å². The van der Waals surface area contributed by atoms with Crippen LogP contribution in [0.3, 0.4) is 0 Å². The second kappa shape index (κ2) is 6.30. The Kier molecular flexibility index (Phi) is 4.47. The van der Waals surface area contributed by atoms with Crippen molar-refractivity contribution >= 4 is 22.9 Å². The minimum Gasteiger partial charge on any atom is -0.480 e. The molecule has 0 saturated carbocycles. The molecule has 0 saturated heterocycles. The first-order valence-electron chi connectivity index (χ1n) is 6.72. The number of carbonyl (C=O) groups is 2. The highest BCUT2D eigenvalue weighted by Gasteiger charge is 2.22. The number of carbonyl (C=O) groups excluding carboxylic acids is 1. The molecule has 0 aliphatic carbocycles. The van der Waals surface area contributed by atoms with Gasteiger partial charge in [0, 0.05) is 12.4 Å². The zero-order valence-corrected chi connectivity index (χ0v) is 11.9. The summed E-state index contributed by atoms with van der Waals surface area (Å²) in [6, 6.07) is 4.15. The minimum atomic E-state index is -1.04. The number of para-hydroxylation sites is 1. The van der Waals surface area contributed by atoms with Gasteiger partial charge in [-0.3, -0.25) is 14.8 Å². The number of hydrogen-bond donors (Lipinski definition) is 2. The van der Waals surface area contributed by atoms with E-state index in [-0.39, 0.29) is 5.92 Å². The lowest BCUT2D eigenvalue weighted by Crippen LogP contribution is -2.41. The third kappa shape index (κ3) is 3.53. The summed E-state index contributed by atoms with van der Waals surface area (Å²) in [6.07, 6.45) is 3.42. The van der Waals surface area contributed by atoms with Crippen LogP contribution in [-0.4, -0.2) is 33.0 Å². The van der Waals surface area contributed by atoms with Crippen molar-refractivity contribution < 1.29 is 14.7 Å². The molecule has 1 atom stereocenters. The predicted molar refractivity (Wildman–Crippen MR) is 77.9 cm³/mol. The molecule has 0 bridgehead atoms. The number of aliphatic carboxylic acids is 1. The van der Waals surface area contributed by atoms with Crippen LogP contribution in [0.15, 0.2) is 30.6 Å². The van der Waals surface area contributed by atoms with E-state index in [1.165, 1.54) is 6.20 Å². The largest absolute Gasteiger partial charge is 0.480 e. The third-order valence-corrected chi connectivity index (χ3v) is 3.05. The number of benzene rings is 1. The van der Waals surface area contributed by atoms with Crippen LogP contribution in [0, 0.1) is 5.92 Å². The molecule has 110 valence electrons. The highest BCUT2D eigenvalue weighted by molar-refractivity contribution is 6.05. The summed E-state index contributed by atoms with van der Waals surface area (Å²) in [4.78, 5) is 31.8. The number of aromatic nitrogens is 2. The summed E-state index contributed by atoms with van der Waals surface area (Å²) >= 11 is 0. The number of nitrogens with zero attached hydrogens (tertiary/aromatic N) is 2. The van der Waals surface area contributed by atoms with Crippen molar-refractivity contribution in [1.82, 2.24) is 15.3 Å². The Balaban J connectivity index is 2.27. The first kappa shape index (κ1) is 14.9. The molecular formula is C15H17N3O3. The van der Waals surface area contributed by atoms with Gasteiger partial charge >= 0.3 is 5.97 Å². The Bertz CT molecular complexity index is 665. The van der Waals surface area contributed by atoms with E-state index in [1.54, 1.807) is 24.4 Å². The first-order chi connectivity index (χ1) is 9.99. The lowest BCUT2D eigenvalue weighted by molar-refractivity contribution is -0.139. The summed E-state index contributed by atoms with van der Waals surface area (Å²) in [5.74, 6) is -1.32. The maximum Gasteiger partial charge on any atom is 0.326 e. The van der Waals surface area contributed by atoms with Gasteiger partial charge in [0.15, 0.2) is 0 Å². The van der Waals surface area contributed by atoms with E-state index in [1.807, 2.05) is 13.8 Å². The van der Waals surface area contributed by atoms with Gasteiger partial charge in [-0.1, -0.05) is 19.9 Å². The van der Waals surface area contributed by atoms with Crippen LogP contribution in [0.5, 0.6) is 0 Å². The Morgan fingerprint density at radius 1 is 1.24 bits per heavy atom. The van der Waals surface area contributed by atoms with Gasteiger partial charge in [-0.25, -0.2) is 4.79 Å². The molecule has 0 aliphatic rings. The molecule has 1 aromatic heterocycles. The first-order valence-corrected chi connectivity index (χ1v) is 6.72. The fourth-order valence-electron chi connectivity index (χ4n) is 2.10. The molecule has 1 aromatic carbocycles. The number of fused-ring (bicyclic) bond motifs is 1. The van der Waals surface area contributed by atoms with E-state index in [0.717, 1.165) is 0 Å². The number of carboxylic acid groups (broad SMARTS) is 1. The molecule has 1 heterocycles. The van der Waals surface area contributed by atoms with Crippen LogP contribution in [-0.2, 0) is 4.79 Å². The molecular weight excluding hydrogens is 270 g/mol. The second-order valence-corrected chi connectivity index (χ2v) is 5.22. The van der Waals surface area contributed by atoms with Crippen molar-refractivity contribution in [3.63, 3.8) is 0 Å². The van der Waals surface area contributed by atoms with E-state index in [0.29, 0.717) is 23.0 Å². The van der Waals surface area contributed by atoms with Crippen molar-refractivity contribution in [2.75, 3.05) is 0 Å². The molecule has 2 aromatic rings. The van der Waals surface area contributed by atoms with Crippen molar-refractivity contribution in [3.05, 3.63) is 36.2 Å². The van der Waals surface area contributed by atoms with Crippen LogP contribution in [0.4, 0.5) is 0 Å². The second-order valence-electron chi connectivity index (χ2n) is 5.22. The van der Waals surface area contributed by atoms with Crippen LogP contribution < -0.4 is 5.32 Å². The predicted octanol–water partition coefficient (Wildman–Crippen LogP) is 1.86. The zero-order valence-electron chi connectivity index (χ0n) is 11.9. The summed E-state index contributed by atoms with van der Waals surface area (Å²) in [7, 11) is 0. The van der Waals surface area contributed by atoms with E-state index in [2.05, 4.69) is 15.3 Å². The van der Waals surface area contributed by atoms with Gasteiger partial charge in [0.05, 0.1) is 11.1 Å². The average Bonchev–Trinajstić information content (AvgIpc) is 2.45. The molecule has 2 N–H and O–H groups in total.